The van der Waals surface area contributed by atoms with Crippen LogP contribution in [0.1, 0.15) is 5.56 Å². The number of anilines is 1. The summed E-state index contributed by atoms with van der Waals surface area (Å²) >= 11 is 16.6. The van der Waals surface area contributed by atoms with Gasteiger partial charge in [0.05, 0.1) is 9.79 Å². The monoisotopic (exact) mass is 570 g/mol. The number of aliphatic carboxylic acids is 1. The molecule has 36 heavy (non-hydrogen) atoms. The SMILES string of the molecule is O=C(O)[C@@H](Cc1cc(OCl)c(O)c(OCl)c1)Nc1ccc2[nH]cc(S(=O)(=O)c3ccc(Cl)cc3)c2c1. The number of hydrogen-bond donors (Lipinski definition) is 4. The molecule has 4 aromatic rings. The lowest BCUT2D eigenvalue weighted by Gasteiger charge is -2.17. The Hall–Kier alpha value is -3.31. The molecule has 0 saturated carbocycles. The Morgan fingerprint density at radius 3 is 2.25 bits per heavy atom. The lowest BCUT2D eigenvalue weighted by Crippen LogP contribution is -2.31. The molecule has 0 saturated heterocycles. The van der Waals surface area contributed by atoms with E-state index in [9.17, 15) is 23.4 Å². The van der Waals surface area contributed by atoms with Gasteiger partial charge in [0, 0.05) is 34.2 Å². The van der Waals surface area contributed by atoms with Crippen LogP contribution >= 0.6 is 35.3 Å². The van der Waals surface area contributed by atoms with Gasteiger partial charge >= 0.3 is 5.97 Å². The molecule has 1 atom stereocenters. The van der Waals surface area contributed by atoms with Gasteiger partial charge < -0.3 is 29.1 Å². The van der Waals surface area contributed by atoms with Crippen LogP contribution in [0.2, 0.25) is 5.02 Å². The number of hydrogen-bond acceptors (Lipinski definition) is 7. The minimum absolute atomic E-state index is 0.0293. The van der Waals surface area contributed by atoms with E-state index in [0.29, 0.717) is 27.2 Å². The van der Waals surface area contributed by atoms with Crippen LogP contribution in [0.25, 0.3) is 10.9 Å². The van der Waals surface area contributed by atoms with Crippen molar-refractivity contribution in [3.63, 3.8) is 0 Å². The zero-order valence-corrected chi connectivity index (χ0v) is 21.1. The third-order valence-electron chi connectivity index (χ3n) is 5.40. The van der Waals surface area contributed by atoms with Crippen LogP contribution in [0.5, 0.6) is 17.2 Å². The van der Waals surface area contributed by atoms with Crippen LogP contribution in [0, 0.1) is 0 Å². The predicted molar refractivity (Wildman–Crippen MR) is 135 cm³/mol. The molecule has 1 heterocycles. The van der Waals surface area contributed by atoms with Crippen molar-refractivity contribution in [2.45, 2.75) is 22.3 Å². The molecule has 0 aliphatic heterocycles. The highest BCUT2D eigenvalue weighted by Crippen LogP contribution is 2.39. The molecule has 3 aromatic carbocycles. The number of carbonyl (C=O) groups is 1. The predicted octanol–water partition coefficient (Wildman–Crippen LogP) is 5.53. The van der Waals surface area contributed by atoms with Crippen molar-refractivity contribution in [1.82, 2.24) is 4.98 Å². The lowest BCUT2D eigenvalue weighted by atomic mass is 10.0. The van der Waals surface area contributed by atoms with E-state index in [2.05, 4.69) is 18.9 Å². The number of aromatic nitrogens is 1. The average Bonchev–Trinajstić information content (AvgIpc) is 3.29. The fourth-order valence-corrected chi connectivity index (χ4v) is 5.44. The van der Waals surface area contributed by atoms with Gasteiger partial charge in [0.2, 0.25) is 15.6 Å². The van der Waals surface area contributed by atoms with Crippen LogP contribution < -0.4 is 13.9 Å². The third kappa shape index (κ3) is 5.12. The minimum atomic E-state index is -3.88. The Kier molecular flexibility index (Phi) is 7.41. The van der Waals surface area contributed by atoms with Crippen molar-refractivity contribution in [2.75, 3.05) is 5.32 Å². The zero-order chi connectivity index (χ0) is 26.0. The molecule has 0 aliphatic rings. The van der Waals surface area contributed by atoms with E-state index in [-0.39, 0.29) is 27.7 Å². The summed E-state index contributed by atoms with van der Waals surface area (Å²) < 4.78 is 35.5. The Morgan fingerprint density at radius 2 is 1.67 bits per heavy atom. The summed E-state index contributed by atoms with van der Waals surface area (Å²) in [6, 6.07) is 12.1. The fraction of sp³-hybridized carbons (Fsp3) is 0.0870. The summed E-state index contributed by atoms with van der Waals surface area (Å²) in [7, 11) is -3.88. The molecular weight excluding hydrogens is 555 g/mol. The molecular formula is C23H17Cl3N2O7S. The van der Waals surface area contributed by atoms with Crippen LogP contribution in [0.4, 0.5) is 5.69 Å². The zero-order valence-electron chi connectivity index (χ0n) is 18.0. The number of phenols is 1. The van der Waals surface area contributed by atoms with Crippen LogP contribution in [0.3, 0.4) is 0 Å². The van der Waals surface area contributed by atoms with E-state index >= 15 is 0 Å². The quantitative estimate of drug-likeness (QED) is 0.206. The first-order chi connectivity index (χ1) is 17.1. The third-order valence-corrected chi connectivity index (χ3v) is 7.80. The number of halogens is 3. The van der Waals surface area contributed by atoms with Crippen molar-refractivity contribution >= 4 is 67.7 Å². The van der Waals surface area contributed by atoms with E-state index < -0.39 is 27.6 Å². The second-order valence-corrected chi connectivity index (χ2v) is 10.4. The fourth-order valence-electron chi connectivity index (χ4n) is 3.66. The molecule has 4 rings (SSSR count). The molecule has 0 aliphatic carbocycles. The van der Waals surface area contributed by atoms with E-state index in [1.54, 1.807) is 18.2 Å². The summed E-state index contributed by atoms with van der Waals surface area (Å²) in [5.41, 5.74) is 1.29. The number of fused-ring (bicyclic) bond motifs is 1. The second kappa shape index (κ2) is 10.4. The normalized spacial score (nSPS) is 12.3. The van der Waals surface area contributed by atoms with Crippen LogP contribution in [-0.2, 0) is 21.1 Å². The first kappa shape index (κ1) is 25.8. The van der Waals surface area contributed by atoms with Gasteiger partial charge in [0.25, 0.3) is 0 Å². The maximum atomic E-state index is 13.2. The Balaban J connectivity index is 1.66. The van der Waals surface area contributed by atoms with Gasteiger partial charge in [-0.1, -0.05) is 11.6 Å². The van der Waals surface area contributed by atoms with Gasteiger partial charge in [0.1, 0.15) is 29.8 Å². The molecule has 0 radical (unpaired) electrons. The van der Waals surface area contributed by atoms with Gasteiger partial charge in [-0.3, -0.25) is 0 Å². The standard InChI is InChI=1S/C23H17Cl3N2O7S/c24-13-1-4-15(5-2-13)36(32,33)21-11-27-17-6-3-14(10-16(17)21)28-18(23(30)31)7-12-8-19(34-25)22(29)20(9-12)35-26/h1-6,8-11,18,27-29H,7H2,(H,30,31)/t18-/m1/s1. The number of benzene rings is 3. The van der Waals surface area contributed by atoms with E-state index in [1.807, 2.05) is 0 Å². The van der Waals surface area contributed by atoms with E-state index in [1.165, 1.54) is 42.6 Å². The molecule has 0 amide bonds. The van der Waals surface area contributed by atoms with Gasteiger partial charge in [-0.15, -0.1) is 0 Å². The molecule has 0 fully saturated rings. The number of aromatic amines is 1. The van der Waals surface area contributed by atoms with E-state index in [0.717, 1.165) is 0 Å². The highest BCUT2D eigenvalue weighted by atomic mass is 35.5. The van der Waals surface area contributed by atoms with Gasteiger partial charge in [0.15, 0.2) is 11.5 Å². The number of nitrogens with one attached hydrogen (secondary N) is 2. The molecule has 0 bridgehead atoms. The summed E-state index contributed by atoms with van der Waals surface area (Å²) in [5, 5.41) is 23.4. The Morgan fingerprint density at radius 1 is 1.03 bits per heavy atom. The smallest absolute Gasteiger partial charge is 0.326 e. The van der Waals surface area contributed by atoms with Crippen molar-refractivity contribution in [2.24, 2.45) is 0 Å². The van der Waals surface area contributed by atoms with Crippen molar-refractivity contribution in [3.8, 4) is 17.2 Å². The molecule has 13 heteroatoms. The lowest BCUT2D eigenvalue weighted by molar-refractivity contribution is -0.137. The summed E-state index contributed by atoms with van der Waals surface area (Å²) in [5.74, 6) is -1.97. The molecule has 1 aromatic heterocycles. The van der Waals surface area contributed by atoms with Crippen molar-refractivity contribution in [3.05, 3.63) is 71.4 Å². The Labute approximate surface area is 220 Å². The van der Waals surface area contributed by atoms with Gasteiger partial charge in [-0.2, -0.15) is 0 Å². The Bertz CT molecular complexity index is 1510. The topological polar surface area (TPSA) is 138 Å². The minimum Gasteiger partial charge on any atom is -0.502 e. The van der Waals surface area contributed by atoms with Crippen molar-refractivity contribution < 1.29 is 32.0 Å². The number of rotatable bonds is 9. The van der Waals surface area contributed by atoms with Crippen LogP contribution in [0.15, 0.2) is 70.6 Å². The number of phenolic OH excluding ortho intramolecular Hbond substituents is 1. The molecule has 0 unspecified atom stereocenters. The number of aromatic hydroxyl groups is 1. The maximum absolute atomic E-state index is 13.2. The second-order valence-electron chi connectivity index (χ2n) is 7.70. The molecule has 9 nitrogen and oxygen atoms in total. The summed E-state index contributed by atoms with van der Waals surface area (Å²) in [6.07, 6.45) is 1.29. The van der Waals surface area contributed by atoms with Gasteiger partial charge in [-0.25, -0.2) is 13.2 Å². The molecule has 0 spiro atoms. The van der Waals surface area contributed by atoms with Crippen LogP contribution in [-0.4, -0.2) is 35.6 Å². The molecule has 4 N–H and O–H groups in total. The van der Waals surface area contributed by atoms with Gasteiger partial charge in [-0.05, 0) is 60.2 Å². The van der Waals surface area contributed by atoms with Crippen molar-refractivity contribution in [1.29, 1.82) is 0 Å². The first-order valence-corrected chi connectivity index (χ1v) is 12.7. The largest absolute Gasteiger partial charge is 0.502 e. The highest BCUT2D eigenvalue weighted by Gasteiger charge is 2.24. The number of sulfone groups is 1. The summed E-state index contributed by atoms with van der Waals surface area (Å²) in [6.45, 7) is 0. The number of H-pyrrole nitrogens is 1. The molecule has 188 valence electrons. The number of carboxylic acid groups (broad SMARTS) is 1. The first-order valence-electron chi connectivity index (χ1n) is 10.2. The highest BCUT2D eigenvalue weighted by molar-refractivity contribution is 7.91. The number of carboxylic acids is 1. The maximum Gasteiger partial charge on any atom is 0.326 e. The summed E-state index contributed by atoms with van der Waals surface area (Å²) in [4.78, 5) is 15.0. The van der Waals surface area contributed by atoms with E-state index in [4.69, 9.17) is 35.3 Å². The average molecular weight is 572 g/mol.